The number of nitrogens with one attached hydrogen (secondary N) is 2. The Morgan fingerprint density at radius 1 is 1.27 bits per heavy atom. The summed E-state index contributed by atoms with van der Waals surface area (Å²) in [4.78, 5) is 11.6. The fraction of sp³-hybridized carbons (Fsp3) is 0.533. The molecule has 1 aliphatic rings. The molecule has 2 N–H and O–H groups in total. The molecule has 22 heavy (non-hydrogen) atoms. The van der Waals surface area contributed by atoms with Gasteiger partial charge in [0.05, 0.1) is 18.1 Å². The lowest BCUT2D eigenvalue weighted by Gasteiger charge is -2.12. The maximum Gasteiger partial charge on any atom is 0.315 e. The molecular weight excluding hydrogens is 304 g/mol. The van der Waals surface area contributed by atoms with E-state index >= 15 is 0 Å². The van der Waals surface area contributed by atoms with Crippen LogP contribution in [0, 0.1) is 0 Å². The molecular formula is C15H22N2O4S. The van der Waals surface area contributed by atoms with E-state index < -0.39 is 9.84 Å². The molecule has 1 aromatic carbocycles. The lowest BCUT2D eigenvalue weighted by Crippen LogP contribution is -2.43. The zero-order chi connectivity index (χ0) is 15.8. The Bertz CT molecular complexity index is 574. The molecule has 1 saturated heterocycles. The van der Waals surface area contributed by atoms with Gasteiger partial charge in [-0.15, -0.1) is 0 Å². The number of amides is 2. The van der Waals surface area contributed by atoms with Gasteiger partial charge >= 0.3 is 6.03 Å². The Morgan fingerprint density at radius 3 is 2.73 bits per heavy atom. The highest BCUT2D eigenvalue weighted by molar-refractivity contribution is 7.91. The van der Waals surface area contributed by atoms with Gasteiger partial charge in [0.2, 0.25) is 0 Å². The van der Waals surface area contributed by atoms with E-state index in [-0.39, 0.29) is 23.6 Å². The van der Waals surface area contributed by atoms with E-state index in [9.17, 15) is 13.2 Å². The van der Waals surface area contributed by atoms with E-state index in [1.165, 1.54) is 0 Å². The maximum absolute atomic E-state index is 11.6. The highest BCUT2D eigenvalue weighted by Crippen LogP contribution is 2.10. The van der Waals surface area contributed by atoms with Gasteiger partial charge in [0.25, 0.3) is 0 Å². The second-order valence-electron chi connectivity index (χ2n) is 5.39. The monoisotopic (exact) mass is 326 g/mol. The molecule has 1 atom stereocenters. The van der Waals surface area contributed by atoms with Crippen molar-refractivity contribution >= 4 is 15.9 Å². The van der Waals surface area contributed by atoms with Crippen molar-refractivity contribution in [2.75, 3.05) is 24.7 Å². The quantitative estimate of drug-likeness (QED) is 0.734. The largest absolute Gasteiger partial charge is 0.377 e. The molecule has 6 nitrogen and oxygen atoms in total. The van der Waals surface area contributed by atoms with Gasteiger partial charge in [-0.2, -0.15) is 0 Å². The number of ether oxygens (including phenoxy) is 1. The minimum absolute atomic E-state index is 0.0423. The van der Waals surface area contributed by atoms with E-state index in [1.807, 2.05) is 30.3 Å². The van der Waals surface area contributed by atoms with E-state index in [1.54, 1.807) is 0 Å². The molecule has 7 heteroatoms. The molecule has 0 bridgehead atoms. The molecule has 0 radical (unpaired) electrons. The topological polar surface area (TPSA) is 84.5 Å². The van der Waals surface area contributed by atoms with Crippen molar-refractivity contribution in [3.63, 3.8) is 0 Å². The van der Waals surface area contributed by atoms with Gasteiger partial charge in [-0.3, -0.25) is 0 Å². The average molecular weight is 326 g/mol. The van der Waals surface area contributed by atoms with Gasteiger partial charge in [0, 0.05) is 19.2 Å². The van der Waals surface area contributed by atoms with Gasteiger partial charge < -0.3 is 15.4 Å². The van der Waals surface area contributed by atoms with Crippen LogP contribution in [0.15, 0.2) is 30.3 Å². The van der Waals surface area contributed by atoms with Gasteiger partial charge in [-0.1, -0.05) is 30.3 Å². The number of urea groups is 1. The van der Waals surface area contributed by atoms with Crippen molar-refractivity contribution in [3.8, 4) is 0 Å². The Hall–Kier alpha value is -1.60. The summed E-state index contributed by atoms with van der Waals surface area (Å²) < 4.78 is 28.1. The van der Waals surface area contributed by atoms with Gasteiger partial charge in [-0.25, -0.2) is 13.2 Å². The number of benzene rings is 1. The SMILES string of the molecule is O=C(NCCCOCc1ccccc1)N[C@@H]1CCS(=O)(=O)C1. The minimum Gasteiger partial charge on any atom is -0.377 e. The summed E-state index contributed by atoms with van der Waals surface area (Å²) >= 11 is 0. The number of carbonyl (C=O) groups is 1. The van der Waals surface area contributed by atoms with E-state index in [2.05, 4.69) is 10.6 Å². The lowest BCUT2D eigenvalue weighted by atomic mass is 10.2. The Morgan fingerprint density at radius 2 is 2.05 bits per heavy atom. The second-order valence-corrected chi connectivity index (χ2v) is 7.62. The van der Waals surface area contributed by atoms with Crippen molar-refractivity contribution in [2.24, 2.45) is 0 Å². The van der Waals surface area contributed by atoms with Crippen LogP contribution in [0.4, 0.5) is 4.79 Å². The second kappa shape index (κ2) is 8.14. The molecule has 2 amide bonds. The number of rotatable bonds is 7. The summed E-state index contributed by atoms with van der Waals surface area (Å²) in [7, 11) is -2.96. The van der Waals surface area contributed by atoms with Crippen molar-refractivity contribution in [3.05, 3.63) is 35.9 Å². The van der Waals surface area contributed by atoms with Crippen molar-refractivity contribution in [2.45, 2.75) is 25.5 Å². The maximum atomic E-state index is 11.6. The standard InChI is InChI=1S/C15H22N2O4S/c18-15(17-14-7-10-22(19,20)12-14)16-8-4-9-21-11-13-5-2-1-3-6-13/h1-3,5-6,14H,4,7-12H2,(H2,16,17,18)/t14-/m1/s1. The molecule has 122 valence electrons. The molecule has 1 heterocycles. The molecule has 1 aliphatic heterocycles. The predicted molar refractivity (Wildman–Crippen MR) is 84.3 cm³/mol. The predicted octanol–water partition coefficient (Wildman–Crippen LogP) is 1.08. The van der Waals surface area contributed by atoms with Gasteiger partial charge in [-0.05, 0) is 18.4 Å². The van der Waals surface area contributed by atoms with Crippen LogP contribution in [0.5, 0.6) is 0 Å². The fourth-order valence-electron chi connectivity index (χ4n) is 2.29. The molecule has 1 aromatic rings. The van der Waals surface area contributed by atoms with Gasteiger partial charge in [0.1, 0.15) is 0 Å². The summed E-state index contributed by atoms with van der Waals surface area (Å²) in [6.07, 6.45) is 1.21. The van der Waals surface area contributed by atoms with Crippen molar-refractivity contribution in [1.29, 1.82) is 0 Å². The van der Waals surface area contributed by atoms with Crippen molar-refractivity contribution < 1.29 is 17.9 Å². The van der Waals surface area contributed by atoms with Crippen LogP contribution in [0.3, 0.4) is 0 Å². The third-order valence-electron chi connectivity index (χ3n) is 3.43. The van der Waals surface area contributed by atoms with Crippen molar-refractivity contribution in [1.82, 2.24) is 10.6 Å². The summed E-state index contributed by atoms with van der Waals surface area (Å²) in [5.74, 6) is 0.200. The first-order chi connectivity index (χ1) is 10.6. The molecule has 0 unspecified atom stereocenters. The van der Waals surface area contributed by atoms with Crippen LogP contribution in [0.25, 0.3) is 0 Å². The van der Waals surface area contributed by atoms with Crippen LogP contribution in [0.1, 0.15) is 18.4 Å². The zero-order valence-electron chi connectivity index (χ0n) is 12.5. The smallest absolute Gasteiger partial charge is 0.315 e. The van der Waals surface area contributed by atoms with Crippen LogP contribution < -0.4 is 10.6 Å². The number of hydrogen-bond acceptors (Lipinski definition) is 4. The van der Waals surface area contributed by atoms with Crippen LogP contribution in [-0.2, 0) is 21.2 Å². The number of hydrogen-bond donors (Lipinski definition) is 2. The summed E-state index contributed by atoms with van der Waals surface area (Å²) in [5.41, 5.74) is 1.12. The third-order valence-corrected chi connectivity index (χ3v) is 5.20. The van der Waals surface area contributed by atoms with Crippen LogP contribution in [0.2, 0.25) is 0 Å². The van der Waals surface area contributed by atoms with E-state index in [4.69, 9.17) is 4.74 Å². The van der Waals surface area contributed by atoms with Crippen LogP contribution in [-0.4, -0.2) is 45.1 Å². The Balaban J connectivity index is 1.51. The fourth-order valence-corrected chi connectivity index (χ4v) is 3.96. The molecule has 0 spiro atoms. The summed E-state index contributed by atoms with van der Waals surface area (Å²) in [6.45, 7) is 1.63. The van der Waals surface area contributed by atoms with Crippen LogP contribution >= 0.6 is 0 Å². The lowest BCUT2D eigenvalue weighted by molar-refractivity contribution is 0.118. The third kappa shape index (κ3) is 6.03. The average Bonchev–Trinajstić information content (AvgIpc) is 2.82. The molecule has 0 aliphatic carbocycles. The number of carbonyl (C=O) groups excluding carboxylic acids is 1. The molecule has 0 saturated carbocycles. The first-order valence-electron chi connectivity index (χ1n) is 7.42. The van der Waals surface area contributed by atoms with E-state index in [0.29, 0.717) is 32.6 Å². The highest BCUT2D eigenvalue weighted by atomic mass is 32.2. The van der Waals surface area contributed by atoms with E-state index in [0.717, 1.165) is 5.56 Å². The molecule has 0 aromatic heterocycles. The first kappa shape index (κ1) is 16.8. The van der Waals surface area contributed by atoms with Gasteiger partial charge in [0.15, 0.2) is 9.84 Å². The summed E-state index contributed by atoms with van der Waals surface area (Å²) in [5, 5.41) is 5.39. The number of sulfone groups is 1. The molecule has 2 rings (SSSR count). The normalized spacial score (nSPS) is 19.7. The highest BCUT2D eigenvalue weighted by Gasteiger charge is 2.28. The Labute approximate surface area is 131 Å². The first-order valence-corrected chi connectivity index (χ1v) is 9.24. The summed E-state index contributed by atoms with van der Waals surface area (Å²) in [6, 6.07) is 9.32. The minimum atomic E-state index is -2.96. The zero-order valence-corrected chi connectivity index (χ0v) is 13.3. The molecule has 1 fully saturated rings. The Kier molecular flexibility index (Phi) is 6.21.